The van der Waals surface area contributed by atoms with Gasteiger partial charge < -0.3 is 11.5 Å². The van der Waals surface area contributed by atoms with Gasteiger partial charge >= 0.3 is 0 Å². The minimum atomic E-state index is -0.503. The zero-order valence-electron chi connectivity index (χ0n) is 11.4. The number of rotatable bonds is 2. The van der Waals surface area contributed by atoms with Gasteiger partial charge in [-0.1, -0.05) is 41.9 Å². The van der Waals surface area contributed by atoms with Crippen molar-refractivity contribution in [3.63, 3.8) is 0 Å². The zero-order chi connectivity index (χ0) is 15.7. The quantitative estimate of drug-likeness (QED) is 0.893. The van der Waals surface area contributed by atoms with E-state index in [9.17, 15) is 4.39 Å². The number of guanidine groups is 2. The van der Waals surface area contributed by atoms with Crippen LogP contribution in [0.1, 0.15) is 11.7 Å². The third kappa shape index (κ3) is 2.60. The van der Waals surface area contributed by atoms with Crippen LogP contribution in [0.15, 0.2) is 58.5 Å². The molecule has 0 radical (unpaired) electrons. The summed E-state index contributed by atoms with van der Waals surface area (Å²) in [4.78, 5) is 9.96. The fourth-order valence-electron chi connectivity index (χ4n) is 2.27. The van der Waals surface area contributed by atoms with Gasteiger partial charge in [-0.2, -0.15) is 4.99 Å². The minimum absolute atomic E-state index is 0.000336. The highest BCUT2D eigenvalue weighted by molar-refractivity contribution is 6.31. The van der Waals surface area contributed by atoms with Crippen molar-refractivity contribution in [2.75, 3.05) is 4.90 Å². The van der Waals surface area contributed by atoms with Crippen molar-refractivity contribution in [3.8, 4) is 0 Å². The number of nitrogens with two attached hydrogens (primary N) is 2. The second-order valence-corrected chi connectivity index (χ2v) is 5.12. The lowest BCUT2D eigenvalue weighted by Gasteiger charge is -2.32. The van der Waals surface area contributed by atoms with E-state index in [1.807, 2.05) is 30.3 Å². The summed E-state index contributed by atoms with van der Waals surface area (Å²) in [6, 6.07) is 13.8. The van der Waals surface area contributed by atoms with E-state index in [1.165, 1.54) is 12.1 Å². The van der Waals surface area contributed by atoms with E-state index in [0.717, 1.165) is 5.56 Å². The Labute approximate surface area is 131 Å². The Morgan fingerprint density at radius 2 is 1.82 bits per heavy atom. The Kier molecular flexibility index (Phi) is 3.68. The Morgan fingerprint density at radius 1 is 1.09 bits per heavy atom. The second-order valence-electron chi connectivity index (χ2n) is 4.71. The molecule has 0 aromatic heterocycles. The summed E-state index contributed by atoms with van der Waals surface area (Å²) in [6.07, 6.45) is -0.486. The molecule has 5 nitrogen and oxygen atoms in total. The standard InChI is InChI=1S/C15H13ClFN5/c16-11-8-10(6-7-12(11)17)22-13(9-4-2-1-3-5-9)20-14(18)21-15(22)19/h1-8,13H,(H4,18,19,20,21). The Bertz CT molecular complexity index is 760. The Balaban J connectivity index is 2.09. The number of anilines is 1. The molecule has 1 aliphatic rings. The highest BCUT2D eigenvalue weighted by Crippen LogP contribution is 2.32. The molecule has 0 saturated heterocycles. The van der Waals surface area contributed by atoms with Crippen molar-refractivity contribution in [2.45, 2.75) is 6.17 Å². The van der Waals surface area contributed by atoms with Crippen LogP contribution in [0.5, 0.6) is 0 Å². The van der Waals surface area contributed by atoms with E-state index < -0.39 is 12.0 Å². The van der Waals surface area contributed by atoms with Gasteiger partial charge in [0.05, 0.1) is 5.02 Å². The predicted octanol–water partition coefficient (Wildman–Crippen LogP) is 2.63. The van der Waals surface area contributed by atoms with Crippen LogP contribution in [0.25, 0.3) is 0 Å². The van der Waals surface area contributed by atoms with Gasteiger partial charge in [-0.25, -0.2) is 9.38 Å². The molecule has 1 aliphatic heterocycles. The maximum absolute atomic E-state index is 13.4. The van der Waals surface area contributed by atoms with Crippen LogP contribution in [0.3, 0.4) is 0 Å². The molecular weight excluding hydrogens is 305 g/mol. The summed E-state index contributed by atoms with van der Waals surface area (Å²) < 4.78 is 13.4. The summed E-state index contributed by atoms with van der Waals surface area (Å²) >= 11 is 5.86. The number of hydrogen-bond donors (Lipinski definition) is 2. The molecule has 2 aromatic carbocycles. The Morgan fingerprint density at radius 3 is 2.50 bits per heavy atom. The molecule has 4 N–H and O–H groups in total. The first-order valence-electron chi connectivity index (χ1n) is 6.53. The van der Waals surface area contributed by atoms with Crippen LogP contribution in [0.4, 0.5) is 10.1 Å². The van der Waals surface area contributed by atoms with Crippen LogP contribution in [0.2, 0.25) is 5.02 Å². The van der Waals surface area contributed by atoms with Gasteiger partial charge in [-0.15, -0.1) is 0 Å². The summed E-state index contributed by atoms with van der Waals surface area (Å²) in [5, 5.41) is -0.000336. The smallest absolute Gasteiger partial charge is 0.221 e. The van der Waals surface area contributed by atoms with E-state index in [2.05, 4.69) is 9.98 Å². The lowest BCUT2D eigenvalue weighted by molar-refractivity contribution is 0.627. The third-order valence-electron chi connectivity index (χ3n) is 3.25. The number of nitrogens with zero attached hydrogens (tertiary/aromatic N) is 3. The molecule has 112 valence electrons. The van der Waals surface area contributed by atoms with Crippen LogP contribution in [-0.2, 0) is 0 Å². The average Bonchev–Trinajstić information content (AvgIpc) is 2.50. The molecule has 0 bridgehead atoms. The lowest BCUT2D eigenvalue weighted by atomic mass is 10.1. The van der Waals surface area contributed by atoms with Crippen LogP contribution in [-0.4, -0.2) is 11.9 Å². The largest absolute Gasteiger partial charge is 0.369 e. The molecule has 0 amide bonds. The molecule has 0 fully saturated rings. The van der Waals surface area contributed by atoms with Gasteiger partial charge in [0.15, 0.2) is 6.17 Å². The highest BCUT2D eigenvalue weighted by Gasteiger charge is 2.27. The van der Waals surface area contributed by atoms with Crippen molar-refractivity contribution < 1.29 is 4.39 Å². The fourth-order valence-corrected chi connectivity index (χ4v) is 2.44. The molecule has 1 heterocycles. The van der Waals surface area contributed by atoms with Gasteiger partial charge in [0.2, 0.25) is 11.9 Å². The SMILES string of the molecule is NC1=NC(c2ccccc2)N(c2ccc(F)c(Cl)c2)C(N)=N1. The number of aliphatic imine (C=N–C) groups is 2. The molecule has 1 unspecified atom stereocenters. The second kappa shape index (κ2) is 5.65. The minimum Gasteiger partial charge on any atom is -0.369 e. The van der Waals surface area contributed by atoms with Crippen molar-refractivity contribution in [2.24, 2.45) is 21.5 Å². The summed E-state index contributed by atoms with van der Waals surface area (Å²) in [5.41, 5.74) is 13.2. The first-order chi connectivity index (χ1) is 10.6. The average molecular weight is 318 g/mol. The van der Waals surface area contributed by atoms with Crippen molar-refractivity contribution in [1.82, 2.24) is 0 Å². The van der Waals surface area contributed by atoms with Gasteiger partial charge in [-0.3, -0.25) is 4.90 Å². The van der Waals surface area contributed by atoms with E-state index >= 15 is 0 Å². The van der Waals surface area contributed by atoms with Crippen LogP contribution >= 0.6 is 11.6 Å². The van der Waals surface area contributed by atoms with Gasteiger partial charge in [0, 0.05) is 5.69 Å². The van der Waals surface area contributed by atoms with Gasteiger partial charge in [0.25, 0.3) is 0 Å². The van der Waals surface area contributed by atoms with Crippen LogP contribution in [0, 0.1) is 5.82 Å². The van der Waals surface area contributed by atoms with Gasteiger partial charge in [0.1, 0.15) is 5.82 Å². The number of halogens is 2. The maximum atomic E-state index is 13.4. The summed E-state index contributed by atoms with van der Waals surface area (Å²) in [6.45, 7) is 0. The van der Waals surface area contributed by atoms with Crippen molar-refractivity contribution in [1.29, 1.82) is 0 Å². The monoisotopic (exact) mass is 317 g/mol. The molecule has 22 heavy (non-hydrogen) atoms. The van der Waals surface area contributed by atoms with Crippen molar-refractivity contribution >= 4 is 29.2 Å². The molecule has 0 spiro atoms. The number of hydrogen-bond acceptors (Lipinski definition) is 5. The third-order valence-corrected chi connectivity index (χ3v) is 3.54. The van der Waals surface area contributed by atoms with E-state index in [0.29, 0.717) is 5.69 Å². The summed E-state index contributed by atoms with van der Waals surface area (Å²) in [5.74, 6) is -0.239. The molecule has 3 rings (SSSR count). The normalized spacial score (nSPS) is 17.9. The first kappa shape index (κ1) is 14.3. The van der Waals surface area contributed by atoms with E-state index in [-0.39, 0.29) is 16.9 Å². The molecule has 0 saturated carbocycles. The summed E-state index contributed by atoms with van der Waals surface area (Å²) in [7, 11) is 0. The molecular formula is C15H13ClFN5. The molecule has 0 aliphatic carbocycles. The molecule has 2 aromatic rings. The first-order valence-corrected chi connectivity index (χ1v) is 6.91. The van der Waals surface area contributed by atoms with E-state index in [4.69, 9.17) is 23.1 Å². The highest BCUT2D eigenvalue weighted by atomic mass is 35.5. The molecule has 7 heteroatoms. The molecule has 1 atom stereocenters. The topological polar surface area (TPSA) is 80.0 Å². The van der Waals surface area contributed by atoms with Crippen molar-refractivity contribution in [3.05, 3.63) is 64.9 Å². The zero-order valence-corrected chi connectivity index (χ0v) is 12.2. The van der Waals surface area contributed by atoms with E-state index in [1.54, 1.807) is 11.0 Å². The Hall–Kier alpha value is -2.60. The predicted molar refractivity (Wildman–Crippen MR) is 86.3 cm³/mol. The lowest BCUT2D eigenvalue weighted by Crippen LogP contribution is -2.44. The number of benzene rings is 2. The van der Waals surface area contributed by atoms with Crippen LogP contribution < -0.4 is 16.4 Å². The van der Waals surface area contributed by atoms with Gasteiger partial charge in [-0.05, 0) is 23.8 Å². The fraction of sp³-hybridized carbons (Fsp3) is 0.0667. The maximum Gasteiger partial charge on any atom is 0.221 e.